The lowest BCUT2D eigenvalue weighted by Gasteiger charge is -2.26. The van der Waals surface area contributed by atoms with Crippen molar-refractivity contribution in [3.05, 3.63) is 105 Å². The topological polar surface area (TPSA) is 101 Å². The number of non-ortho nitro benzene ring substituents is 1. The van der Waals surface area contributed by atoms with Crippen molar-refractivity contribution < 1.29 is 19.3 Å². The molecule has 8 heteroatoms. The largest absolute Gasteiger partial charge is 0.306 e. The Morgan fingerprint density at radius 1 is 0.906 bits per heavy atom. The summed E-state index contributed by atoms with van der Waals surface area (Å²) < 4.78 is 0. The summed E-state index contributed by atoms with van der Waals surface area (Å²) in [6.07, 6.45) is 0. The van der Waals surface area contributed by atoms with Crippen molar-refractivity contribution in [2.24, 2.45) is 0 Å². The van der Waals surface area contributed by atoms with E-state index in [2.05, 4.69) is 0 Å². The summed E-state index contributed by atoms with van der Waals surface area (Å²) in [4.78, 5) is 51.8. The number of carbonyl (C=O) groups excluding carboxylic acids is 3. The van der Waals surface area contributed by atoms with Crippen LogP contribution in [0.2, 0.25) is 0 Å². The van der Waals surface area contributed by atoms with Crippen LogP contribution >= 0.6 is 0 Å². The van der Waals surface area contributed by atoms with Gasteiger partial charge in [0, 0.05) is 36.5 Å². The predicted molar refractivity (Wildman–Crippen MR) is 118 cm³/mol. The van der Waals surface area contributed by atoms with Gasteiger partial charge in [-0.05, 0) is 42.8 Å². The molecule has 0 aliphatic carbocycles. The van der Waals surface area contributed by atoms with Crippen LogP contribution in [0.25, 0.3) is 0 Å². The van der Waals surface area contributed by atoms with Crippen LogP contribution in [0.15, 0.2) is 72.8 Å². The number of benzene rings is 3. The van der Waals surface area contributed by atoms with Crippen LogP contribution < -0.4 is 4.90 Å². The SMILES string of the molecule is Cc1ccccc1N(CCN1C(=O)c2ccccc2C1=O)C(=O)c1ccc([N+](=O)[O-])cc1. The van der Waals surface area contributed by atoms with Crippen molar-refractivity contribution in [1.29, 1.82) is 0 Å². The summed E-state index contributed by atoms with van der Waals surface area (Å²) in [7, 11) is 0. The van der Waals surface area contributed by atoms with E-state index in [0.717, 1.165) is 10.5 Å². The minimum atomic E-state index is -0.532. The minimum Gasteiger partial charge on any atom is -0.306 e. The quantitative estimate of drug-likeness (QED) is 0.337. The Bertz CT molecular complexity index is 1200. The molecule has 0 radical (unpaired) electrons. The summed E-state index contributed by atoms with van der Waals surface area (Å²) in [6.45, 7) is 1.94. The predicted octanol–water partition coefficient (Wildman–Crippen LogP) is 3.85. The molecule has 0 unspecified atom stereocenters. The molecule has 3 aromatic rings. The normalized spacial score (nSPS) is 12.6. The van der Waals surface area contributed by atoms with E-state index in [0.29, 0.717) is 16.8 Å². The summed E-state index contributed by atoms with van der Waals surface area (Å²) >= 11 is 0. The van der Waals surface area contributed by atoms with Crippen LogP contribution in [0.5, 0.6) is 0 Å². The molecule has 1 aliphatic rings. The van der Waals surface area contributed by atoms with E-state index in [4.69, 9.17) is 0 Å². The number of rotatable bonds is 6. The van der Waals surface area contributed by atoms with E-state index in [-0.39, 0.29) is 30.2 Å². The average Bonchev–Trinajstić information content (AvgIpc) is 3.05. The van der Waals surface area contributed by atoms with Gasteiger partial charge in [0.25, 0.3) is 23.4 Å². The third kappa shape index (κ3) is 3.74. The van der Waals surface area contributed by atoms with Gasteiger partial charge in [0.2, 0.25) is 0 Å². The first-order chi connectivity index (χ1) is 15.4. The number of para-hydroxylation sites is 1. The fraction of sp³-hybridized carbons (Fsp3) is 0.125. The molecule has 1 heterocycles. The van der Waals surface area contributed by atoms with Gasteiger partial charge in [0.05, 0.1) is 16.1 Å². The highest BCUT2D eigenvalue weighted by Crippen LogP contribution is 2.25. The molecule has 3 aromatic carbocycles. The van der Waals surface area contributed by atoms with Crippen molar-refractivity contribution in [3.63, 3.8) is 0 Å². The van der Waals surface area contributed by atoms with Crippen LogP contribution in [0, 0.1) is 17.0 Å². The fourth-order valence-corrected chi connectivity index (χ4v) is 3.72. The number of carbonyl (C=O) groups is 3. The van der Waals surface area contributed by atoms with Gasteiger partial charge in [-0.2, -0.15) is 0 Å². The van der Waals surface area contributed by atoms with E-state index < -0.39 is 16.7 Å². The van der Waals surface area contributed by atoms with Crippen molar-refractivity contribution in [2.75, 3.05) is 18.0 Å². The first-order valence-electron chi connectivity index (χ1n) is 9.95. The van der Waals surface area contributed by atoms with Crippen molar-refractivity contribution in [3.8, 4) is 0 Å². The van der Waals surface area contributed by atoms with E-state index in [1.807, 2.05) is 19.1 Å². The molecule has 160 valence electrons. The second-order valence-corrected chi connectivity index (χ2v) is 7.35. The first-order valence-corrected chi connectivity index (χ1v) is 9.95. The molecule has 1 aliphatic heterocycles. The van der Waals surface area contributed by atoms with Crippen molar-refractivity contribution in [1.82, 2.24) is 4.90 Å². The smallest absolute Gasteiger partial charge is 0.269 e. The van der Waals surface area contributed by atoms with Gasteiger partial charge < -0.3 is 4.90 Å². The molecule has 0 saturated heterocycles. The second kappa shape index (κ2) is 8.43. The third-order valence-corrected chi connectivity index (χ3v) is 5.40. The molecule has 0 aromatic heterocycles. The maximum Gasteiger partial charge on any atom is 0.269 e. The number of anilines is 1. The first kappa shape index (κ1) is 20.9. The lowest BCUT2D eigenvalue weighted by molar-refractivity contribution is -0.384. The van der Waals surface area contributed by atoms with Crippen LogP contribution in [-0.2, 0) is 0 Å². The zero-order valence-corrected chi connectivity index (χ0v) is 17.2. The summed E-state index contributed by atoms with van der Waals surface area (Å²) in [5.41, 5.74) is 2.32. The zero-order valence-electron chi connectivity index (χ0n) is 17.2. The molecule has 0 fully saturated rings. The molecule has 8 nitrogen and oxygen atoms in total. The maximum absolute atomic E-state index is 13.3. The van der Waals surface area contributed by atoms with E-state index in [9.17, 15) is 24.5 Å². The van der Waals surface area contributed by atoms with E-state index in [1.54, 1.807) is 36.4 Å². The highest BCUT2D eigenvalue weighted by atomic mass is 16.6. The van der Waals surface area contributed by atoms with E-state index >= 15 is 0 Å². The fourth-order valence-electron chi connectivity index (χ4n) is 3.72. The summed E-state index contributed by atoms with van der Waals surface area (Å²) in [5, 5.41) is 10.9. The Morgan fingerprint density at radius 3 is 2.03 bits per heavy atom. The summed E-state index contributed by atoms with van der Waals surface area (Å²) in [6, 6.07) is 19.2. The Labute approximate surface area is 183 Å². The molecular weight excluding hydrogens is 410 g/mol. The molecular formula is C24H19N3O5. The Balaban J connectivity index is 1.62. The van der Waals surface area contributed by atoms with Gasteiger partial charge in [-0.25, -0.2) is 0 Å². The Hall–Kier alpha value is -4.33. The molecule has 0 bridgehead atoms. The number of nitro benzene ring substituents is 1. The highest BCUT2D eigenvalue weighted by Gasteiger charge is 2.35. The van der Waals surface area contributed by atoms with Crippen molar-refractivity contribution in [2.45, 2.75) is 6.92 Å². The molecule has 0 atom stereocenters. The van der Waals surface area contributed by atoms with Gasteiger partial charge in [-0.15, -0.1) is 0 Å². The molecule has 0 spiro atoms. The second-order valence-electron chi connectivity index (χ2n) is 7.35. The molecule has 0 saturated carbocycles. The molecule has 4 rings (SSSR count). The minimum absolute atomic E-state index is 0.0133. The number of fused-ring (bicyclic) bond motifs is 1. The number of nitrogens with zero attached hydrogens (tertiary/aromatic N) is 3. The average molecular weight is 429 g/mol. The van der Waals surface area contributed by atoms with Gasteiger partial charge in [0.1, 0.15) is 0 Å². The molecule has 3 amide bonds. The van der Waals surface area contributed by atoms with E-state index in [1.165, 1.54) is 29.2 Å². The number of amides is 3. The van der Waals surface area contributed by atoms with Crippen molar-refractivity contribution >= 4 is 29.1 Å². The van der Waals surface area contributed by atoms with Gasteiger partial charge in [0.15, 0.2) is 0 Å². The number of nitro groups is 1. The van der Waals surface area contributed by atoms with Crippen LogP contribution in [0.1, 0.15) is 36.6 Å². The standard InChI is InChI=1S/C24H19N3O5/c1-16-6-2-5-9-21(16)25(22(28)17-10-12-18(13-11-17)27(31)32)14-15-26-23(29)19-7-3-4-8-20(19)24(26)30/h2-13H,14-15H2,1H3. The maximum atomic E-state index is 13.3. The van der Waals surface area contributed by atoms with Gasteiger partial charge in [-0.1, -0.05) is 30.3 Å². The number of aryl methyl sites for hydroxylation is 1. The third-order valence-electron chi connectivity index (χ3n) is 5.40. The molecule has 32 heavy (non-hydrogen) atoms. The van der Waals surface area contributed by atoms with Crippen LogP contribution in [-0.4, -0.2) is 40.6 Å². The van der Waals surface area contributed by atoms with Gasteiger partial charge in [-0.3, -0.25) is 29.4 Å². The number of imide groups is 1. The lowest BCUT2D eigenvalue weighted by atomic mass is 10.1. The van der Waals surface area contributed by atoms with Gasteiger partial charge >= 0.3 is 0 Å². The Morgan fingerprint density at radius 2 is 1.47 bits per heavy atom. The monoisotopic (exact) mass is 429 g/mol. The van der Waals surface area contributed by atoms with Crippen LogP contribution in [0.4, 0.5) is 11.4 Å². The number of hydrogen-bond donors (Lipinski definition) is 0. The lowest BCUT2D eigenvalue weighted by Crippen LogP contribution is -2.41. The molecule has 0 N–H and O–H groups in total. The highest BCUT2D eigenvalue weighted by molar-refractivity contribution is 6.21. The number of hydrogen-bond acceptors (Lipinski definition) is 5. The zero-order chi connectivity index (χ0) is 22.8. The Kier molecular flexibility index (Phi) is 5.51. The van der Waals surface area contributed by atoms with Crippen LogP contribution in [0.3, 0.4) is 0 Å². The summed E-state index contributed by atoms with van der Waals surface area (Å²) in [5.74, 6) is -1.16.